The smallest absolute Gasteiger partial charge is 0.266 e. The summed E-state index contributed by atoms with van der Waals surface area (Å²) in [6, 6.07) is 14.1. The molecule has 28 heavy (non-hydrogen) atoms. The van der Waals surface area contributed by atoms with Gasteiger partial charge in [0.2, 0.25) is 5.91 Å². The van der Waals surface area contributed by atoms with Gasteiger partial charge in [-0.3, -0.25) is 9.59 Å². The van der Waals surface area contributed by atoms with Crippen molar-refractivity contribution in [2.75, 3.05) is 5.32 Å². The molecule has 7 heteroatoms. The van der Waals surface area contributed by atoms with Crippen LogP contribution >= 0.6 is 0 Å². The first-order valence-corrected chi connectivity index (χ1v) is 8.82. The van der Waals surface area contributed by atoms with E-state index in [9.17, 15) is 18.4 Å². The number of hydrogen-bond donors (Lipinski definition) is 1. The van der Waals surface area contributed by atoms with Crippen LogP contribution in [0.15, 0.2) is 59.4 Å². The van der Waals surface area contributed by atoms with Crippen LogP contribution in [0.1, 0.15) is 18.4 Å². The monoisotopic (exact) mass is 383 g/mol. The van der Waals surface area contributed by atoms with Gasteiger partial charge >= 0.3 is 0 Å². The van der Waals surface area contributed by atoms with E-state index in [-0.39, 0.29) is 30.1 Å². The zero-order valence-corrected chi connectivity index (χ0v) is 15.3. The summed E-state index contributed by atoms with van der Waals surface area (Å²) in [5.74, 6) is -2.35. The van der Waals surface area contributed by atoms with Gasteiger partial charge in [-0.2, -0.15) is 5.10 Å². The third kappa shape index (κ3) is 4.88. The number of nitrogens with zero attached hydrogens (tertiary/aromatic N) is 2. The minimum absolute atomic E-state index is 0.113. The zero-order chi connectivity index (χ0) is 20.1. The first-order chi connectivity index (χ1) is 13.4. The van der Waals surface area contributed by atoms with E-state index in [1.807, 2.05) is 31.2 Å². The molecule has 2 aromatic carbocycles. The van der Waals surface area contributed by atoms with Crippen LogP contribution in [0.4, 0.5) is 14.5 Å². The van der Waals surface area contributed by atoms with Gasteiger partial charge in [0, 0.05) is 36.3 Å². The Labute approximate surface area is 160 Å². The summed E-state index contributed by atoms with van der Waals surface area (Å²) in [5.41, 5.74) is 2.63. The minimum atomic E-state index is -1.03. The van der Waals surface area contributed by atoms with Crippen molar-refractivity contribution in [2.24, 2.45) is 0 Å². The van der Waals surface area contributed by atoms with Gasteiger partial charge in [-0.25, -0.2) is 13.5 Å². The summed E-state index contributed by atoms with van der Waals surface area (Å²) in [7, 11) is 0. The van der Waals surface area contributed by atoms with E-state index in [4.69, 9.17) is 0 Å². The summed E-state index contributed by atoms with van der Waals surface area (Å²) in [6.07, 6.45) is 0.488. The summed E-state index contributed by atoms with van der Waals surface area (Å²) in [4.78, 5) is 24.0. The van der Waals surface area contributed by atoms with E-state index in [1.165, 1.54) is 16.8 Å². The first-order valence-electron chi connectivity index (χ1n) is 8.82. The fourth-order valence-corrected chi connectivity index (χ4v) is 2.67. The maximum absolute atomic E-state index is 13.2. The van der Waals surface area contributed by atoms with Crippen molar-refractivity contribution in [1.29, 1.82) is 0 Å². The molecule has 144 valence electrons. The third-order valence-electron chi connectivity index (χ3n) is 4.19. The van der Waals surface area contributed by atoms with E-state index >= 15 is 0 Å². The van der Waals surface area contributed by atoms with Crippen molar-refractivity contribution in [3.8, 4) is 11.3 Å². The van der Waals surface area contributed by atoms with E-state index in [0.717, 1.165) is 23.3 Å². The van der Waals surface area contributed by atoms with Crippen molar-refractivity contribution in [2.45, 2.75) is 26.3 Å². The number of nitrogens with one attached hydrogen (secondary N) is 1. The van der Waals surface area contributed by atoms with Gasteiger partial charge in [-0.05, 0) is 31.5 Å². The number of aromatic nitrogens is 2. The number of halogens is 2. The van der Waals surface area contributed by atoms with Crippen LogP contribution in [0, 0.1) is 18.6 Å². The molecule has 1 amide bonds. The molecule has 0 fully saturated rings. The Morgan fingerprint density at radius 2 is 1.79 bits per heavy atom. The molecule has 0 saturated carbocycles. The second kappa shape index (κ2) is 8.56. The Balaban J connectivity index is 1.60. The van der Waals surface area contributed by atoms with Crippen molar-refractivity contribution in [3.05, 3.63) is 82.1 Å². The molecule has 0 aliphatic carbocycles. The lowest BCUT2D eigenvalue weighted by Gasteiger charge is -2.08. The molecule has 0 aliphatic rings. The number of amides is 1. The number of carbonyl (C=O) groups excluding carboxylic acids is 1. The second-order valence-electron chi connectivity index (χ2n) is 6.43. The lowest BCUT2D eigenvalue weighted by atomic mass is 10.1. The average molecular weight is 383 g/mol. The number of benzene rings is 2. The molecule has 3 rings (SSSR count). The fourth-order valence-electron chi connectivity index (χ4n) is 2.67. The number of anilines is 1. The summed E-state index contributed by atoms with van der Waals surface area (Å²) >= 11 is 0. The van der Waals surface area contributed by atoms with Crippen LogP contribution < -0.4 is 10.9 Å². The Hall–Kier alpha value is -3.35. The van der Waals surface area contributed by atoms with Gasteiger partial charge in [0.1, 0.15) is 0 Å². The largest absolute Gasteiger partial charge is 0.326 e. The van der Waals surface area contributed by atoms with Gasteiger partial charge in [0.25, 0.3) is 5.56 Å². The highest BCUT2D eigenvalue weighted by Gasteiger charge is 2.08. The first kappa shape index (κ1) is 19.4. The number of aryl methyl sites for hydroxylation is 2. The van der Waals surface area contributed by atoms with Gasteiger partial charge in [-0.1, -0.05) is 29.8 Å². The topological polar surface area (TPSA) is 64.0 Å². The molecule has 5 nitrogen and oxygen atoms in total. The van der Waals surface area contributed by atoms with Crippen LogP contribution in [0.5, 0.6) is 0 Å². The highest BCUT2D eigenvalue weighted by Crippen LogP contribution is 2.16. The maximum Gasteiger partial charge on any atom is 0.266 e. The van der Waals surface area contributed by atoms with Crippen LogP contribution in [-0.4, -0.2) is 15.7 Å². The van der Waals surface area contributed by atoms with Crippen LogP contribution in [0.2, 0.25) is 0 Å². The van der Waals surface area contributed by atoms with Crippen LogP contribution in [0.25, 0.3) is 11.3 Å². The normalized spacial score (nSPS) is 10.7. The zero-order valence-electron chi connectivity index (χ0n) is 15.3. The molecule has 0 atom stereocenters. The fraction of sp³-hybridized carbons (Fsp3) is 0.190. The predicted molar refractivity (Wildman–Crippen MR) is 103 cm³/mol. The number of hydrogen-bond acceptors (Lipinski definition) is 3. The summed E-state index contributed by atoms with van der Waals surface area (Å²) in [5, 5.41) is 6.86. The van der Waals surface area contributed by atoms with E-state index in [0.29, 0.717) is 12.1 Å². The van der Waals surface area contributed by atoms with Gasteiger partial charge in [0.05, 0.1) is 5.69 Å². The Morgan fingerprint density at radius 3 is 2.50 bits per heavy atom. The van der Waals surface area contributed by atoms with Crippen LogP contribution in [-0.2, 0) is 11.3 Å². The molecule has 0 aliphatic heterocycles. The second-order valence-corrected chi connectivity index (χ2v) is 6.43. The van der Waals surface area contributed by atoms with E-state index in [1.54, 1.807) is 6.07 Å². The molecular weight excluding hydrogens is 364 g/mol. The maximum atomic E-state index is 13.2. The molecule has 0 unspecified atom stereocenters. The van der Waals surface area contributed by atoms with Crippen molar-refractivity contribution >= 4 is 11.6 Å². The van der Waals surface area contributed by atoms with Gasteiger partial charge in [0.15, 0.2) is 11.6 Å². The SMILES string of the molecule is Cc1ccc(-c2ccc(=O)n(CCCC(=O)Nc3ccc(F)c(F)c3)n2)cc1. The van der Waals surface area contributed by atoms with Crippen molar-refractivity contribution in [1.82, 2.24) is 9.78 Å². The lowest BCUT2D eigenvalue weighted by molar-refractivity contribution is -0.116. The van der Waals surface area contributed by atoms with Crippen molar-refractivity contribution < 1.29 is 13.6 Å². The molecule has 1 heterocycles. The van der Waals surface area contributed by atoms with Gasteiger partial charge in [-0.15, -0.1) is 0 Å². The van der Waals surface area contributed by atoms with E-state index < -0.39 is 11.6 Å². The molecule has 0 saturated heterocycles. The molecule has 0 spiro atoms. The number of rotatable bonds is 6. The minimum Gasteiger partial charge on any atom is -0.326 e. The van der Waals surface area contributed by atoms with Crippen molar-refractivity contribution in [3.63, 3.8) is 0 Å². The summed E-state index contributed by atoms with van der Waals surface area (Å²) < 4.78 is 27.4. The number of carbonyl (C=O) groups is 1. The Morgan fingerprint density at radius 1 is 1.04 bits per heavy atom. The van der Waals surface area contributed by atoms with Crippen LogP contribution in [0.3, 0.4) is 0 Å². The average Bonchev–Trinajstić information content (AvgIpc) is 2.67. The lowest BCUT2D eigenvalue weighted by Crippen LogP contribution is -2.23. The predicted octanol–water partition coefficient (Wildman–Crippen LogP) is 3.92. The highest BCUT2D eigenvalue weighted by molar-refractivity contribution is 5.90. The van der Waals surface area contributed by atoms with E-state index in [2.05, 4.69) is 10.4 Å². The standard InChI is InChI=1S/C21H19F2N3O2/c1-14-4-6-15(7-5-14)19-10-11-21(28)26(25-19)12-2-3-20(27)24-16-8-9-17(22)18(23)13-16/h4-11,13H,2-3,12H2,1H3,(H,24,27). The third-order valence-corrected chi connectivity index (χ3v) is 4.19. The quantitative estimate of drug-likeness (QED) is 0.702. The molecule has 1 N–H and O–H groups in total. The summed E-state index contributed by atoms with van der Waals surface area (Å²) in [6.45, 7) is 2.26. The molecular formula is C21H19F2N3O2. The molecule has 0 radical (unpaired) electrons. The highest BCUT2D eigenvalue weighted by atomic mass is 19.2. The Kier molecular flexibility index (Phi) is 5.93. The molecule has 3 aromatic rings. The van der Waals surface area contributed by atoms with Gasteiger partial charge < -0.3 is 5.32 Å². The molecule has 1 aromatic heterocycles. The molecule has 0 bridgehead atoms. The Bertz CT molecular complexity index is 1050.